The molecule has 1 N–H and O–H groups in total. The van der Waals surface area contributed by atoms with Crippen LogP contribution >= 0.6 is 0 Å². The van der Waals surface area contributed by atoms with Crippen LogP contribution in [-0.4, -0.2) is 91.6 Å². The van der Waals surface area contributed by atoms with Crippen LogP contribution in [-0.2, 0) is 19.1 Å². The average Bonchev–Trinajstić information content (AvgIpc) is 3.48. The second-order valence-corrected chi connectivity index (χ2v) is 10.8. The van der Waals surface area contributed by atoms with Crippen molar-refractivity contribution in [2.24, 2.45) is 11.8 Å². The van der Waals surface area contributed by atoms with E-state index in [9.17, 15) is 19.2 Å². The van der Waals surface area contributed by atoms with Gasteiger partial charge in [-0.3, -0.25) is 19.3 Å². The zero-order chi connectivity index (χ0) is 27.4. The summed E-state index contributed by atoms with van der Waals surface area (Å²) in [6.45, 7) is 11.1. The molecular formula is C28H38N4O6. The van der Waals surface area contributed by atoms with Gasteiger partial charge in [-0.2, -0.15) is 0 Å². The van der Waals surface area contributed by atoms with Crippen molar-refractivity contribution >= 4 is 29.4 Å². The van der Waals surface area contributed by atoms with Gasteiger partial charge in [-0.25, -0.2) is 4.79 Å². The zero-order valence-corrected chi connectivity index (χ0v) is 22.6. The maximum absolute atomic E-state index is 13.7. The van der Waals surface area contributed by atoms with Gasteiger partial charge in [-0.15, -0.1) is 0 Å². The highest BCUT2D eigenvalue weighted by molar-refractivity contribution is 6.02. The lowest BCUT2D eigenvalue weighted by atomic mass is 10.0. The molecule has 1 aromatic rings. The van der Waals surface area contributed by atoms with E-state index in [0.29, 0.717) is 30.9 Å². The van der Waals surface area contributed by atoms with Crippen LogP contribution in [0.1, 0.15) is 44.5 Å². The lowest BCUT2D eigenvalue weighted by molar-refractivity contribution is -0.137. The maximum Gasteiger partial charge on any atom is 0.414 e. The number of anilines is 1. The average molecular weight is 527 g/mol. The number of hydrogen-bond donors (Lipinski definition) is 1. The fraction of sp³-hybridized carbons (Fsp3) is 0.571. The standard InChI is InChI=1S/C28H38N4O6/c1-18(2)15-22(29-26(34)20-5-7-21(8-6-20)30-11-13-37-14-12-30)27(35)31-10-9-23-25(31)24(33)16-32(23)28(36)38-17-19(3)4/h5-9,18-19,22,25H,10-17H2,1-4H3,(H,29,34). The highest BCUT2D eigenvalue weighted by Crippen LogP contribution is 2.31. The Balaban J connectivity index is 1.43. The Labute approximate surface area is 223 Å². The molecule has 2 unspecified atom stereocenters. The Morgan fingerprint density at radius 1 is 1.05 bits per heavy atom. The van der Waals surface area contributed by atoms with Crippen LogP contribution in [0.4, 0.5) is 10.5 Å². The summed E-state index contributed by atoms with van der Waals surface area (Å²) in [5.74, 6) is -0.623. The molecule has 3 heterocycles. The number of ether oxygens (including phenoxy) is 2. The first-order chi connectivity index (χ1) is 18.2. The summed E-state index contributed by atoms with van der Waals surface area (Å²) in [6, 6.07) is 5.68. The molecule has 10 heteroatoms. The van der Waals surface area contributed by atoms with Crippen molar-refractivity contribution in [3.05, 3.63) is 41.6 Å². The molecule has 3 aliphatic rings. The van der Waals surface area contributed by atoms with Crippen LogP contribution in [0.3, 0.4) is 0 Å². The van der Waals surface area contributed by atoms with Crippen LogP contribution < -0.4 is 10.2 Å². The third kappa shape index (κ3) is 6.18. The van der Waals surface area contributed by atoms with E-state index in [1.807, 2.05) is 39.8 Å². The summed E-state index contributed by atoms with van der Waals surface area (Å²) < 4.78 is 10.7. The first kappa shape index (κ1) is 27.6. The molecule has 0 radical (unpaired) electrons. The Morgan fingerprint density at radius 2 is 1.74 bits per heavy atom. The van der Waals surface area contributed by atoms with Gasteiger partial charge in [0.1, 0.15) is 12.1 Å². The summed E-state index contributed by atoms with van der Waals surface area (Å²) in [6.07, 6.45) is 1.56. The topological polar surface area (TPSA) is 108 Å². The molecule has 38 heavy (non-hydrogen) atoms. The second-order valence-electron chi connectivity index (χ2n) is 10.8. The summed E-state index contributed by atoms with van der Waals surface area (Å²) in [4.78, 5) is 57.2. The van der Waals surface area contributed by atoms with Gasteiger partial charge < -0.3 is 24.6 Å². The summed E-state index contributed by atoms with van der Waals surface area (Å²) >= 11 is 0. The normalized spacial score (nSPS) is 20.1. The molecule has 0 bridgehead atoms. The van der Waals surface area contributed by atoms with E-state index in [0.717, 1.165) is 18.8 Å². The fourth-order valence-corrected chi connectivity index (χ4v) is 4.98. The number of fused-ring (bicyclic) bond motifs is 1. The number of amides is 3. The van der Waals surface area contributed by atoms with Gasteiger partial charge >= 0.3 is 6.09 Å². The Kier molecular flexibility index (Phi) is 8.71. The van der Waals surface area contributed by atoms with Crippen molar-refractivity contribution in [1.29, 1.82) is 0 Å². The molecule has 1 aromatic carbocycles. The molecular weight excluding hydrogens is 488 g/mol. The minimum Gasteiger partial charge on any atom is -0.449 e. The monoisotopic (exact) mass is 526 g/mol. The van der Waals surface area contributed by atoms with E-state index >= 15 is 0 Å². The molecule has 10 nitrogen and oxygen atoms in total. The van der Waals surface area contributed by atoms with Gasteiger partial charge in [0.2, 0.25) is 5.91 Å². The van der Waals surface area contributed by atoms with Gasteiger partial charge in [0, 0.05) is 30.9 Å². The van der Waals surface area contributed by atoms with Crippen LogP contribution in [0.2, 0.25) is 0 Å². The smallest absolute Gasteiger partial charge is 0.414 e. The molecule has 2 saturated heterocycles. The van der Waals surface area contributed by atoms with Gasteiger partial charge in [0.25, 0.3) is 5.91 Å². The van der Waals surface area contributed by atoms with Gasteiger partial charge in [-0.1, -0.05) is 27.7 Å². The highest BCUT2D eigenvalue weighted by atomic mass is 16.6. The number of likely N-dealkylation sites (tertiary alicyclic amines) is 1. The fourth-order valence-electron chi connectivity index (χ4n) is 4.98. The van der Waals surface area contributed by atoms with E-state index in [4.69, 9.17) is 9.47 Å². The Hall–Kier alpha value is -3.40. The summed E-state index contributed by atoms with van der Waals surface area (Å²) in [7, 11) is 0. The number of nitrogens with one attached hydrogen (secondary N) is 1. The number of Topliss-reactive ketones (excluding diaryl/α,β-unsaturated/α-hetero) is 1. The number of benzene rings is 1. The first-order valence-electron chi connectivity index (χ1n) is 13.4. The number of ketones is 1. The molecule has 0 aliphatic carbocycles. The quantitative estimate of drug-likeness (QED) is 0.554. The number of rotatable bonds is 8. The van der Waals surface area contributed by atoms with Crippen LogP contribution in [0.5, 0.6) is 0 Å². The molecule has 2 fully saturated rings. The molecule has 2 atom stereocenters. The van der Waals surface area contributed by atoms with E-state index in [1.165, 1.54) is 9.80 Å². The van der Waals surface area contributed by atoms with Crippen molar-refractivity contribution < 1.29 is 28.7 Å². The van der Waals surface area contributed by atoms with E-state index in [1.54, 1.807) is 18.2 Å². The predicted octanol–water partition coefficient (Wildman–Crippen LogP) is 2.44. The second kappa shape index (κ2) is 12.0. The minimum atomic E-state index is -0.839. The molecule has 0 saturated carbocycles. The number of hydrogen-bond acceptors (Lipinski definition) is 7. The molecule has 3 aliphatic heterocycles. The van der Waals surface area contributed by atoms with E-state index in [-0.39, 0.29) is 49.1 Å². The van der Waals surface area contributed by atoms with Crippen LogP contribution in [0.25, 0.3) is 0 Å². The first-order valence-corrected chi connectivity index (χ1v) is 13.4. The predicted molar refractivity (Wildman–Crippen MR) is 142 cm³/mol. The maximum atomic E-state index is 13.7. The van der Waals surface area contributed by atoms with Crippen molar-refractivity contribution in [1.82, 2.24) is 15.1 Å². The number of morpholine rings is 1. The number of carbonyl (C=O) groups is 4. The van der Waals surface area contributed by atoms with Crippen molar-refractivity contribution in [3.8, 4) is 0 Å². The summed E-state index contributed by atoms with van der Waals surface area (Å²) in [5.41, 5.74) is 1.96. The lowest BCUT2D eigenvalue weighted by Crippen LogP contribution is -2.52. The van der Waals surface area contributed by atoms with Crippen LogP contribution in [0, 0.1) is 11.8 Å². The largest absolute Gasteiger partial charge is 0.449 e. The number of nitrogens with zero attached hydrogens (tertiary/aromatic N) is 3. The lowest BCUT2D eigenvalue weighted by Gasteiger charge is -2.29. The molecule has 206 valence electrons. The third-order valence-electron chi connectivity index (χ3n) is 6.88. The van der Waals surface area contributed by atoms with E-state index in [2.05, 4.69) is 10.2 Å². The molecule has 0 aromatic heterocycles. The summed E-state index contributed by atoms with van der Waals surface area (Å²) in [5, 5.41) is 2.90. The van der Waals surface area contributed by atoms with Crippen molar-refractivity contribution in [2.75, 3.05) is 50.9 Å². The Morgan fingerprint density at radius 3 is 2.37 bits per heavy atom. The van der Waals surface area contributed by atoms with Crippen LogP contribution in [0.15, 0.2) is 36.0 Å². The van der Waals surface area contributed by atoms with Gasteiger partial charge in [0.05, 0.1) is 32.1 Å². The zero-order valence-electron chi connectivity index (χ0n) is 22.6. The third-order valence-corrected chi connectivity index (χ3v) is 6.88. The molecule has 0 spiro atoms. The van der Waals surface area contributed by atoms with Crippen molar-refractivity contribution in [2.45, 2.75) is 46.2 Å². The van der Waals surface area contributed by atoms with Crippen molar-refractivity contribution in [3.63, 3.8) is 0 Å². The number of carbonyl (C=O) groups excluding carboxylic acids is 4. The SMILES string of the molecule is CC(C)COC(=O)N1CC(=O)C2C1=CCN2C(=O)C(CC(C)C)NC(=O)c1ccc(N2CCOCC2)cc1. The molecule has 3 amide bonds. The Bertz CT molecular complexity index is 1080. The van der Waals surface area contributed by atoms with E-state index < -0.39 is 18.2 Å². The molecule has 4 rings (SSSR count). The van der Waals surface area contributed by atoms with Gasteiger partial charge in [-0.05, 0) is 48.6 Å². The highest BCUT2D eigenvalue weighted by Gasteiger charge is 2.48. The minimum absolute atomic E-state index is 0.129. The van der Waals surface area contributed by atoms with Gasteiger partial charge in [0.15, 0.2) is 5.78 Å².